The lowest BCUT2D eigenvalue weighted by molar-refractivity contribution is -0.138. The Kier molecular flexibility index (Phi) is 5.57. The summed E-state index contributed by atoms with van der Waals surface area (Å²) in [5.41, 5.74) is 9.94. The normalized spacial score (nSPS) is 17.0. The van der Waals surface area contributed by atoms with Crippen molar-refractivity contribution >= 4 is 27.5 Å². The molecule has 0 spiro atoms. The first kappa shape index (κ1) is 18.4. The molecule has 2 aromatic carbocycles. The molecule has 1 aliphatic rings. The van der Waals surface area contributed by atoms with Gasteiger partial charge in [-0.2, -0.15) is 0 Å². The molecule has 0 heterocycles. The first-order valence-electron chi connectivity index (χ1n) is 8.38. The van der Waals surface area contributed by atoms with E-state index in [0.29, 0.717) is 17.7 Å². The molecule has 3 nitrogen and oxygen atoms in total. The summed E-state index contributed by atoms with van der Waals surface area (Å²) in [5.74, 6) is -0.898. The molecule has 2 N–H and O–H groups in total. The van der Waals surface area contributed by atoms with Gasteiger partial charge in [0.25, 0.3) is 0 Å². The van der Waals surface area contributed by atoms with Gasteiger partial charge < -0.3 is 10.5 Å². The van der Waals surface area contributed by atoms with Crippen molar-refractivity contribution in [2.24, 2.45) is 5.73 Å². The summed E-state index contributed by atoms with van der Waals surface area (Å²) >= 11 is 3.43. The monoisotopic (exact) mass is 415 g/mol. The lowest BCUT2D eigenvalue weighted by atomic mass is 9.79. The highest BCUT2D eigenvalue weighted by Crippen LogP contribution is 2.40. The maximum Gasteiger partial charge on any atom is 0.336 e. The molecule has 1 aliphatic carbocycles. The van der Waals surface area contributed by atoms with Gasteiger partial charge in [-0.25, -0.2) is 9.18 Å². The molecule has 0 fully saturated rings. The van der Waals surface area contributed by atoms with Crippen LogP contribution in [0.4, 0.5) is 4.39 Å². The summed E-state index contributed by atoms with van der Waals surface area (Å²) in [4.78, 5) is 12.5. The predicted octanol–water partition coefficient (Wildman–Crippen LogP) is 4.94. The largest absolute Gasteiger partial charge is 0.463 e. The zero-order chi connectivity index (χ0) is 18.7. The second kappa shape index (κ2) is 7.87. The molecule has 134 valence electrons. The van der Waals surface area contributed by atoms with Crippen molar-refractivity contribution in [2.75, 3.05) is 6.61 Å². The average molecular weight is 416 g/mol. The number of nitrogens with two attached hydrogens (primary N) is 1. The topological polar surface area (TPSA) is 52.3 Å². The Morgan fingerprint density at radius 2 is 1.85 bits per heavy atom. The Morgan fingerprint density at radius 3 is 2.46 bits per heavy atom. The summed E-state index contributed by atoms with van der Waals surface area (Å²) < 4.78 is 19.4. The highest BCUT2D eigenvalue weighted by molar-refractivity contribution is 9.10. The zero-order valence-electron chi connectivity index (χ0n) is 14.3. The minimum absolute atomic E-state index is 0.216. The molecule has 0 saturated carbocycles. The van der Waals surface area contributed by atoms with Crippen LogP contribution in [0.1, 0.15) is 30.4 Å². The van der Waals surface area contributed by atoms with E-state index in [9.17, 15) is 9.18 Å². The second-order valence-corrected chi connectivity index (χ2v) is 6.99. The predicted molar refractivity (Wildman–Crippen MR) is 104 cm³/mol. The quantitative estimate of drug-likeness (QED) is 0.719. The van der Waals surface area contributed by atoms with Crippen molar-refractivity contribution < 1.29 is 13.9 Å². The fourth-order valence-electron chi connectivity index (χ4n) is 3.16. The van der Waals surface area contributed by atoms with Gasteiger partial charge in [-0.05, 0) is 60.4 Å². The zero-order valence-corrected chi connectivity index (χ0v) is 15.9. The Bertz CT molecular complexity index is 870. The lowest BCUT2D eigenvalue weighted by Crippen LogP contribution is -2.22. The molecule has 5 heteroatoms. The van der Waals surface area contributed by atoms with E-state index >= 15 is 0 Å². The molecule has 0 aliphatic heterocycles. The molecule has 1 atom stereocenters. The van der Waals surface area contributed by atoms with E-state index in [1.807, 2.05) is 24.3 Å². The number of esters is 1. The number of benzene rings is 2. The van der Waals surface area contributed by atoms with Crippen molar-refractivity contribution in [3.05, 3.63) is 87.3 Å². The third-order valence-electron chi connectivity index (χ3n) is 4.40. The Morgan fingerprint density at radius 1 is 1.19 bits per heavy atom. The summed E-state index contributed by atoms with van der Waals surface area (Å²) in [7, 11) is 0. The van der Waals surface area contributed by atoms with E-state index in [1.54, 1.807) is 25.1 Å². The molecule has 26 heavy (non-hydrogen) atoms. The van der Waals surface area contributed by atoms with Crippen molar-refractivity contribution in [2.45, 2.75) is 19.3 Å². The summed E-state index contributed by atoms with van der Waals surface area (Å²) in [6.07, 6.45) is 2.37. The van der Waals surface area contributed by atoms with Crippen LogP contribution in [0.25, 0.3) is 5.57 Å². The first-order chi connectivity index (χ1) is 12.5. The molecule has 0 unspecified atom stereocenters. The highest BCUT2D eigenvalue weighted by atomic mass is 79.9. The van der Waals surface area contributed by atoms with Gasteiger partial charge in [0.1, 0.15) is 5.82 Å². The van der Waals surface area contributed by atoms with E-state index in [4.69, 9.17) is 10.5 Å². The number of hydrogen-bond donors (Lipinski definition) is 1. The molecule has 0 aromatic heterocycles. The van der Waals surface area contributed by atoms with Crippen molar-refractivity contribution in [3.63, 3.8) is 0 Å². The van der Waals surface area contributed by atoms with E-state index in [-0.39, 0.29) is 18.3 Å². The maximum atomic E-state index is 13.2. The van der Waals surface area contributed by atoms with Crippen LogP contribution in [0.3, 0.4) is 0 Å². The summed E-state index contributed by atoms with van der Waals surface area (Å²) in [5, 5.41) is 0. The van der Waals surface area contributed by atoms with Gasteiger partial charge in [-0.1, -0.05) is 40.2 Å². The Hall–Kier alpha value is -2.40. The number of allylic oxidation sites excluding steroid dienone is 2. The van der Waals surface area contributed by atoms with Crippen LogP contribution in [-0.2, 0) is 9.53 Å². The van der Waals surface area contributed by atoms with Crippen LogP contribution in [-0.4, -0.2) is 12.6 Å². The molecule has 0 saturated heterocycles. The van der Waals surface area contributed by atoms with Crippen LogP contribution in [0.15, 0.2) is 70.3 Å². The highest BCUT2D eigenvalue weighted by Gasteiger charge is 2.30. The standard InChI is InChI=1S/C21H19BrFNO2/c1-2-26-21(25)20-18(14-3-7-16(22)8-4-14)11-15(12-19(20)24)13-5-9-17(23)10-6-13/h3-10,12,18H,2,11,24H2,1H3/t18-/m1/s1. The number of carbonyl (C=O) groups is 1. The first-order valence-corrected chi connectivity index (χ1v) is 9.17. The molecule has 0 amide bonds. The number of ether oxygens (including phenoxy) is 1. The van der Waals surface area contributed by atoms with E-state index in [0.717, 1.165) is 21.2 Å². The van der Waals surface area contributed by atoms with Gasteiger partial charge in [0.15, 0.2) is 0 Å². The van der Waals surface area contributed by atoms with Gasteiger partial charge in [-0.3, -0.25) is 0 Å². The smallest absolute Gasteiger partial charge is 0.336 e. The van der Waals surface area contributed by atoms with Gasteiger partial charge >= 0.3 is 5.97 Å². The van der Waals surface area contributed by atoms with Crippen LogP contribution >= 0.6 is 15.9 Å². The molecule has 2 aromatic rings. The SMILES string of the molecule is CCOC(=O)C1=C(N)C=C(c2ccc(F)cc2)C[C@@H]1c1ccc(Br)cc1. The molecule has 0 bridgehead atoms. The van der Waals surface area contributed by atoms with Crippen LogP contribution in [0.5, 0.6) is 0 Å². The van der Waals surface area contributed by atoms with Crippen molar-refractivity contribution in [1.82, 2.24) is 0 Å². The molecule has 0 radical (unpaired) electrons. The van der Waals surface area contributed by atoms with Gasteiger partial charge in [0.2, 0.25) is 0 Å². The average Bonchev–Trinajstić information content (AvgIpc) is 2.62. The maximum absolute atomic E-state index is 13.2. The van der Waals surface area contributed by atoms with Crippen molar-refractivity contribution in [3.8, 4) is 0 Å². The summed E-state index contributed by atoms with van der Waals surface area (Å²) in [6.45, 7) is 2.06. The fourth-order valence-corrected chi connectivity index (χ4v) is 3.43. The van der Waals surface area contributed by atoms with E-state index < -0.39 is 5.97 Å². The molecular weight excluding hydrogens is 397 g/mol. The van der Waals surface area contributed by atoms with Crippen LogP contribution in [0.2, 0.25) is 0 Å². The number of halogens is 2. The lowest BCUT2D eigenvalue weighted by Gasteiger charge is -2.27. The minimum Gasteiger partial charge on any atom is -0.463 e. The van der Waals surface area contributed by atoms with Gasteiger partial charge in [-0.15, -0.1) is 0 Å². The minimum atomic E-state index is -0.396. The van der Waals surface area contributed by atoms with Crippen LogP contribution < -0.4 is 5.73 Å². The molecule has 3 rings (SSSR count). The van der Waals surface area contributed by atoms with Crippen LogP contribution in [0, 0.1) is 5.82 Å². The Balaban J connectivity index is 2.06. The van der Waals surface area contributed by atoms with Crippen molar-refractivity contribution in [1.29, 1.82) is 0 Å². The van der Waals surface area contributed by atoms with Gasteiger partial charge in [0, 0.05) is 16.1 Å². The third kappa shape index (κ3) is 3.88. The second-order valence-electron chi connectivity index (χ2n) is 6.07. The summed E-state index contributed by atoms with van der Waals surface area (Å²) in [6, 6.07) is 14.1. The van der Waals surface area contributed by atoms with E-state index in [2.05, 4.69) is 15.9 Å². The number of hydrogen-bond acceptors (Lipinski definition) is 3. The fraction of sp³-hybridized carbons (Fsp3) is 0.190. The van der Waals surface area contributed by atoms with Gasteiger partial charge in [0.05, 0.1) is 12.2 Å². The third-order valence-corrected chi connectivity index (χ3v) is 4.92. The van der Waals surface area contributed by atoms with E-state index in [1.165, 1.54) is 12.1 Å². The number of rotatable bonds is 4. The number of carbonyl (C=O) groups excluding carboxylic acids is 1. The molecular formula is C21H19BrFNO2. The Labute approximate surface area is 160 Å².